The molecule has 0 fully saturated rings. The van der Waals surface area contributed by atoms with Crippen molar-refractivity contribution < 1.29 is 23.1 Å². The maximum atomic E-state index is 13.8. The van der Waals surface area contributed by atoms with Crippen LogP contribution in [0.1, 0.15) is 5.82 Å². The fraction of sp³-hybridized carbons (Fsp3) is 0.120. The number of rotatable bonds is 10. The quantitative estimate of drug-likeness (QED) is 0.283. The predicted molar refractivity (Wildman–Crippen MR) is 136 cm³/mol. The molecule has 0 radical (unpaired) electrons. The zero-order valence-electron chi connectivity index (χ0n) is 19.2. The highest BCUT2D eigenvalue weighted by Gasteiger charge is 2.17. The Bertz CT molecular complexity index is 1380. The summed E-state index contributed by atoms with van der Waals surface area (Å²) in [6.45, 7) is -0.237. The van der Waals surface area contributed by atoms with Crippen LogP contribution < -0.4 is 15.4 Å². The Morgan fingerprint density at radius 1 is 0.946 bits per heavy atom. The van der Waals surface area contributed by atoms with Gasteiger partial charge in [-0.3, -0.25) is 14.2 Å². The summed E-state index contributed by atoms with van der Waals surface area (Å²) in [5, 5.41) is 14.3. The van der Waals surface area contributed by atoms with Crippen LogP contribution in [0.3, 0.4) is 0 Å². The van der Waals surface area contributed by atoms with Gasteiger partial charge in [0.25, 0.3) is 5.91 Å². The van der Waals surface area contributed by atoms with E-state index in [0.29, 0.717) is 27.4 Å². The van der Waals surface area contributed by atoms with E-state index < -0.39 is 23.4 Å². The van der Waals surface area contributed by atoms with Crippen molar-refractivity contribution in [2.24, 2.45) is 0 Å². The average Bonchev–Trinajstić information content (AvgIpc) is 3.30. The van der Waals surface area contributed by atoms with Crippen molar-refractivity contribution in [1.82, 2.24) is 20.1 Å². The Morgan fingerprint density at radius 3 is 2.41 bits per heavy atom. The van der Waals surface area contributed by atoms with Gasteiger partial charge < -0.3 is 15.4 Å². The van der Waals surface area contributed by atoms with E-state index in [1.165, 1.54) is 42.5 Å². The highest BCUT2D eigenvalue weighted by atomic mass is 35.5. The van der Waals surface area contributed by atoms with Crippen molar-refractivity contribution in [2.45, 2.75) is 11.7 Å². The minimum atomic E-state index is -0.548. The molecule has 4 rings (SSSR count). The molecule has 0 spiro atoms. The van der Waals surface area contributed by atoms with Crippen molar-refractivity contribution in [3.05, 3.63) is 95.3 Å². The first-order valence-electron chi connectivity index (χ1n) is 10.9. The lowest BCUT2D eigenvalue weighted by Gasteiger charge is -2.12. The van der Waals surface area contributed by atoms with Gasteiger partial charge in [-0.2, -0.15) is 0 Å². The van der Waals surface area contributed by atoms with E-state index in [4.69, 9.17) is 16.3 Å². The standard InChI is InChI=1S/C25H20ClF2N5O3S/c26-16-5-11-19(12-6-16)36-14-23(34)29-13-22-31-32-25(33(22)18-9-7-17(27)8-10-18)37-15-24(35)30-21-4-2-1-3-20(21)28/h1-12H,13-15H2,(H,29,34)(H,30,35). The molecule has 0 aliphatic carbocycles. The van der Waals surface area contributed by atoms with E-state index in [9.17, 15) is 18.4 Å². The summed E-state index contributed by atoms with van der Waals surface area (Å²) in [6, 6.07) is 18.0. The summed E-state index contributed by atoms with van der Waals surface area (Å²) in [4.78, 5) is 24.7. The number of halogens is 3. The summed E-state index contributed by atoms with van der Waals surface area (Å²) in [5.74, 6) is -1.07. The number of nitrogens with one attached hydrogen (secondary N) is 2. The summed E-state index contributed by atoms with van der Waals surface area (Å²) >= 11 is 6.90. The minimum absolute atomic E-state index is 0.00479. The average molecular weight is 544 g/mol. The van der Waals surface area contributed by atoms with Crippen LogP contribution in [0.25, 0.3) is 5.69 Å². The van der Waals surface area contributed by atoms with Crippen molar-refractivity contribution in [1.29, 1.82) is 0 Å². The Kier molecular flexibility index (Phi) is 8.70. The molecule has 0 atom stereocenters. The smallest absolute Gasteiger partial charge is 0.258 e. The van der Waals surface area contributed by atoms with Crippen LogP contribution in [0.5, 0.6) is 5.75 Å². The van der Waals surface area contributed by atoms with Gasteiger partial charge in [-0.25, -0.2) is 8.78 Å². The topological polar surface area (TPSA) is 98.1 Å². The molecule has 0 saturated carbocycles. The number of benzene rings is 3. The maximum absolute atomic E-state index is 13.8. The van der Waals surface area contributed by atoms with E-state index >= 15 is 0 Å². The molecule has 0 unspecified atom stereocenters. The van der Waals surface area contributed by atoms with Gasteiger partial charge in [0.1, 0.15) is 17.4 Å². The number of nitrogens with zero attached hydrogens (tertiary/aromatic N) is 3. The number of para-hydroxylation sites is 1. The normalized spacial score (nSPS) is 10.7. The first-order valence-corrected chi connectivity index (χ1v) is 12.3. The zero-order valence-corrected chi connectivity index (χ0v) is 20.7. The Balaban J connectivity index is 1.42. The Morgan fingerprint density at radius 2 is 1.68 bits per heavy atom. The lowest BCUT2D eigenvalue weighted by molar-refractivity contribution is -0.123. The summed E-state index contributed by atoms with van der Waals surface area (Å²) in [5.41, 5.74) is 0.599. The number of aromatic nitrogens is 3. The monoisotopic (exact) mass is 543 g/mol. The van der Waals surface area contributed by atoms with Crippen LogP contribution in [0.15, 0.2) is 78.0 Å². The first kappa shape index (κ1) is 26.1. The molecule has 0 saturated heterocycles. The van der Waals surface area contributed by atoms with Gasteiger partial charge in [-0.15, -0.1) is 10.2 Å². The second kappa shape index (κ2) is 12.3. The number of carbonyl (C=O) groups excluding carboxylic acids is 2. The van der Waals surface area contributed by atoms with E-state index in [2.05, 4.69) is 20.8 Å². The van der Waals surface area contributed by atoms with Crippen molar-refractivity contribution in [2.75, 3.05) is 17.7 Å². The molecule has 8 nitrogen and oxygen atoms in total. The number of hydrogen-bond donors (Lipinski definition) is 2. The maximum Gasteiger partial charge on any atom is 0.258 e. The van der Waals surface area contributed by atoms with Gasteiger partial charge in [0, 0.05) is 10.7 Å². The molecule has 2 amide bonds. The number of thioether (sulfide) groups is 1. The molecule has 1 heterocycles. The Labute approximate surface area is 220 Å². The molecule has 1 aromatic heterocycles. The number of carbonyl (C=O) groups is 2. The number of anilines is 1. The molecule has 12 heteroatoms. The molecule has 0 bridgehead atoms. The fourth-order valence-corrected chi connectivity index (χ4v) is 4.04. The number of hydrogen-bond acceptors (Lipinski definition) is 6. The predicted octanol–water partition coefficient (Wildman–Crippen LogP) is 4.62. The molecule has 190 valence electrons. The van der Waals surface area contributed by atoms with Crippen LogP contribution in [-0.4, -0.2) is 38.9 Å². The van der Waals surface area contributed by atoms with Gasteiger partial charge >= 0.3 is 0 Å². The van der Waals surface area contributed by atoms with Crippen molar-refractivity contribution in [3.63, 3.8) is 0 Å². The summed E-state index contributed by atoms with van der Waals surface area (Å²) < 4.78 is 34.4. The third-order valence-electron chi connectivity index (χ3n) is 4.89. The molecule has 37 heavy (non-hydrogen) atoms. The molecule has 0 aliphatic heterocycles. The van der Waals surface area contributed by atoms with Crippen LogP contribution in [0.4, 0.5) is 14.5 Å². The van der Waals surface area contributed by atoms with Gasteiger partial charge in [0.05, 0.1) is 18.0 Å². The van der Waals surface area contributed by atoms with Gasteiger partial charge in [-0.1, -0.05) is 35.5 Å². The Hall–Kier alpha value is -3.96. The molecule has 0 aliphatic rings. The van der Waals surface area contributed by atoms with Gasteiger partial charge in [0.2, 0.25) is 5.91 Å². The first-order chi connectivity index (χ1) is 17.9. The van der Waals surface area contributed by atoms with Gasteiger partial charge in [-0.05, 0) is 60.7 Å². The number of amides is 2. The molecular weight excluding hydrogens is 524 g/mol. The minimum Gasteiger partial charge on any atom is -0.484 e. The highest BCUT2D eigenvalue weighted by Crippen LogP contribution is 2.23. The molecule has 2 N–H and O–H groups in total. The lowest BCUT2D eigenvalue weighted by atomic mass is 10.3. The van der Waals surface area contributed by atoms with Crippen LogP contribution in [0.2, 0.25) is 5.02 Å². The molecular formula is C25H20ClF2N5O3S. The van der Waals surface area contributed by atoms with Crippen LogP contribution in [-0.2, 0) is 16.1 Å². The third kappa shape index (κ3) is 7.28. The van der Waals surface area contributed by atoms with Crippen molar-refractivity contribution in [3.8, 4) is 11.4 Å². The van der Waals surface area contributed by atoms with Crippen molar-refractivity contribution >= 4 is 40.9 Å². The second-order valence-corrected chi connectivity index (χ2v) is 8.93. The SMILES string of the molecule is O=C(COc1ccc(Cl)cc1)NCc1nnc(SCC(=O)Nc2ccccc2F)n1-c1ccc(F)cc1. The number of ether oxygens (including phenoxy) is 1. The molecule has 4 aromatic rings. The largest absolute Gasteiger partial charge is 0.484 e. The summed E-state index contributed by atoms with van der Waals surface area (Å²) in [6.07, 6.45) is 0. The third-order valence-corrected chi connectivity index (χ3v) is 6.07. The van der Waals surface area contributed by atoms with E-state index in [1.54, 1.807) is 34.9 Å². The zero-order chi connectivity index (χ0) is 26.2. The second-order valence-electron chi connectivity index (χ2n) is 7.55. The molecule has 3 aromatic carbocycles. The summed E-state index contributed by atoms with van der Waals surface area (Å²) in [7, 11) is 0. The highest BCUT2D eigenvalue weighted by molar-refractivity contribution is 7.99. The van der Waals surface area contributed by atoms with Crippen LogP contribution in [0, 0.1) is 11.6 Å². The fourth-order valence-electron chi connectivity index (χ4n) is 3.15. The van der Waals surface area contributed by atoms with E-state index in [-0.39, 0.29) is 24.6 Å². The van der Waals surface area contributed by atoms with E-state index in [1.807, 2.05) is 0 Å². The lowest BCUT2D eigenvalue weighted by Crippen LogP contribution is -2.29. The van der Waals surface area contributed by atoms with E-state index in [0.717, 1.165) is 11.8 Å². The van der Waals surface area contributed by atoms with Crippen LogP contribution >= 0.6 is 23.4 Å². The van der Waals surface area contributed by atoms with Gasteiger partial charge in [0.15, 0.2) is 17.6 Å².